The minimum Gasteiger partial charge on any atom is -0.481 e. The van der Waals surface area contributed by atoms with Crippen molar-refractivity contribution in [3.05, 3.63) is 58.9 Å². The number of sulfonamides is 1. The first-order valence-electron chi connectivity index (χ1n) is 12.6. The number of hydrogen-bond donors (Lipinski definition) is 2. The third-order valence-corrected chi connectivity index (χ3v) is 12.2. The van der Waals surface area contributed by atoms with Crippen molar-refractivity contribution in [3.8, 4) is 17.0 Å². The quantitative estimate of drug-likeness (QED) is 0.247. The number of aliphatic carboxylic acids is 1. The Morgan fingerprint density at radius 1 is 1.14 bits per heavy atom. The van der Waals surface area contributed by atoms with Gasteiger partial charge in [-0.15, -0.1) is 0 Å². The molecule has 2 unspecified atom stereocenters. The summed E-state index contributed by atoms with van der Waals surface area (Å²) in [6.45, 7) is 9.50. The molecule has 2 N–H and O–H groups in total. The van der Waals surface area contributed by atoms with Crippen LogP contribution < -0.4 is 4.74 Å². The number of carboxylic acid groups (broad SMARTS) is 2. The molecule has 0 fully saturated rings. The van der Waals surface area contributed by atoms with Crippen LogP contribution in [0.3, 0.4) is 0 Å². The average molecular weight is 645 g/mol. The van der Waals surface area contributed by atoms with Crippen LogP contribution in [0.1, 0.15) is 55.2 Å². The number of aromatic carboxylic acids is 1. The number of halogens is 2. The second-order valence-corrected chi connectivity index (χ2v) is 14.7. The van der Waals surface area contributed by atoms with E-state index in [1.54, 1.807) is 19.4 Å². The molecule has 42 heavy (non-hydrogen) atoms. The van der Waals surface area contributed by atoms with E-state index in [9.17, 15) is 32.6 Å². The number of aromatic nitrogens is 3. The maximum Gasteiger partial charge on any atom is 0.357 e. The molecule has 2 aromatic heterocycles. The van der Waals surface area contributed by atoms with Gasteiger partial charge in [-0.2, -0.15) is 8.94 Å². The maximum atomic E-state index is 15.3. The van der Waals surface area contributed by atoms with Gasteiger partial charge in [-0.05, 0) is 91.0 Å². The summed E-state index contributed by atoms with van der Waals surface area (Å²) in [6, 6.07) is 5.59. The predicted molar refractivity (Wildman–Crippen MR) is 157 cm³/mol. The summed E-state index contributed by atoms with van der Waals surface area (Å²) in [4.78, 5) is 27.8. The molecule has 0 bridgehead atoms. The fraction of sp³-hybridized carbons (Fsp3) is 0.385. The Kier molecular flexibility index (Phi) is 10.4. The highest BCUT2D eigenvalue weighted by molar-refractivity contribution is 7.97. The van der Waals surface area contributed by atoms with Gasteiger partial charge in [0.1, 0.15) is 12.4 Å². The molecule has 16 heteroatoms. The molecule has 2 heterocycles. The third-order valence-electron chi connectivity index (χ3n) is 6.28. The van der Waals surface area contributed by atoms with E-state index in [4.69, 9.17) is 4.74 Å². The van der Waals surface area contributed by atoms with Crippen LogP contribution in [0, 0.1) is 11.6 Å². The normalized spacial score (nSPS) is 12.8. The first-order chi connectivity index (χ1) is 19.5. The average Bonchev–Trinajstić information content (AvgIpc) is 3.27. The molecular formula is C26H32F2N4O7P2S. The molecule has 1 aromatic carbocycles. The van der Waals surface area contributed by atoms with Gasteiger partial charge in [0, 0.05) is 12.3 Å². The van der Waals surface area contributed by atoms with E-state index in [0.29, 0.717) is 22.3 Å². The minimum absolute atomic E-state index is 0.0279. The standard InChI is InChI=1S/C26H32F2N4O7P2S/c1-14(2)17-10-16(27)11-18(19(17)12-21(33)34)15-7-8-29-20(9-15)39-13-26(3,4)31-23(25(35)36)22(28)24(30-31)42(37,38)32(40-5)41-6/h7-11,14,40-41H,12-13H2,1-6H3,(H,33,34)(H,35,36). The van der Waals surface area contributed by atoms with Crippen LogP contribution in [-0.4, -0.2) is 69.1 Å². The van der Waals surface area contributed by atoms with Gasteiger partial charge in [-0.3, -0.25) is 4.79 Å². The number of nitrogens with zero attached hydrogens (tertiary/aromatic N) is 4. The van der Waals surface area contributed by atoms with Gasteiger partial charge in [0.15, 0.2) is 11.5 Å². The lowest BCUT2D eigenvalue weighted by molar-refractivity contribution is -0.136. The Hall–Kier alpha value is -3.05. The molecule has 3 aromatic rings. The van der Waals surface area contributed by atoms with Crippen molar-refractivity contribution in [2.45, 2.75) is 50.6 Å². The fourth-order valence-corrected chi connectivity index (χ4v) is 8.37. The molecule has 0 aliphatic heterocycles. The molecule has 0 saturated carbocycles. The fourth-order valence-electron chi connectivity index (χ4n) is 4.35. The van der Waals surface area contributed by atoms with E-state index in [-0.39, 0.29) is 42.3 Å². The van der Waals surface area contributed by atoms with Crippen LogP contribution in [0.25, 0.3) is 11.1 Å². The monoisotopic (exact) mass is 644 g/mol. The number of carboxylic acids is 2. The summed E-state index contributed by atoms with van der Waals surface area (Å²) in [5.74, 6) is -4.93. The van der Waals surface area contributed by atoms with Crippen molar-refractivity contribution in [1.82, 2.24) is 18.6 Å². The number of ether oxygens (including phenoxy) is 1. The zero-order chi connectivity index (χ0) is 31.6. The van der Waals surface area contributed by atoms with Crippen LogP contribution in [0.15, 0.2) is 35.5 Å². The summed E-state index contributed by atoms with van der Waals surface area (Å²) in [5.41, 5.74) is -0.555. The summed E-state index contributed by atoms with van der Waals surface area (Å²) in [6.07, 6.45) is 1.05. The van der Waals surface area contributed by atoms with E-state index in [1.807, 2.05) is 13.8 Å². The summed E-state index contributed by atoms with van der Waals surface area (Å²) >= 11 is 0. The number of pyridine rings is 1. The van der Waals surface area contributed by atoms with Crippen LogP contribution in [-0.2, 0) is 26.8 Å². The van der Waals surface area contributed by atoms with Crippen LogP contribution in [0.2, 0.25) is 0 Å². The van der Waals surface area contributed by atoms with E-state index < -0.39 is 49.9 Å². The molecule has 0 spiro atoms. The molecule has 2 atom stereocenters. The van der Waals surface area contributed by atoms with Crippen molar-refractivity contribution >= 4 is 39.4 Å². The second kappa shape index (κ2) is 13.1. The molecule has 0 saturated heterocycles. The van der Waals surface area contributed by atoms with Gasteiger partial charge < -0.3 is 14.9 Å². The van der Waals surface area contributed by atoms with E-state index in [0.717, 1.165) is 8.53 Å². The molecule has 11 nitrogen and oxygen atoms in total. The largest absolute Gasteiger partial charge is 0.481 e. The Morgan fingerprint density at radius 2 is 1.79 bits per heavy atom. The Labute approximate surface area is 246 Å². The highest BCUT2D eigenvalue weighted by atomic mass is 32.2. The highest BCUT2D eigenvalue weighted by Gasteiger charge is 2.39. The summed E-state index contributed by atoms with van der Waals surface area (Å²) in [5, 5.41) is 22.1. The topological polar surface area (TPSA) is 152 Å². The lowest BCUT2D eigenvalue weighted by Gasteiger charge is -2.26. The first kappa shape index (κ1) is 33.5. The molecule has 0 aliphatic carbocycles. The second-order valence-electron chi connectivity index (χ2n) is 10.1. The predicted octanol–water partition coefficient (Wildman–Crippen LogP) is 4.92. The molecule has 3 rings (SSSR count). The van der Waals surface area contributed by atoms with Gasteiger partial charge in [0.2, 0.25) is 10.9 Å². The zero-order valence-electron chi connectivity index (χ0n) is 23.8. The molecule has 0 amide bonds. The number of rotatable bonds is 13. The van der Waals surface area contributed by atoms with Crippen molar-refractivity contribution in [2.24, 2.45) is 0 Å². The van der Waals surface area contributed by atoms with Crippen molar-refractivity contribution in [1.29, 1.82) is 0 Å². The van der Waals surface area contributed by atoms with Gasteiger partial charge in [0.05, 0.1) is 12.0 Å². The third kappa shape index (κ3) is 6.94. The van der Waals surface area contributed by atoms with Crippen molar-refractivity contribution in [2.75, 3.05) is 19.9 Å². The van der Waals surface area contributed by atoms with E-state index in [1.165, 1.54) is 38.2 Å². The van der Waals surface area contributed by atoms with Crippen molar-refractivity contribution < 1.29 is 41.7 Å². The number of carbonyl (C=O) groups is 2. The summed E-state index contributed by atoms with van der Waals surface area (Å²) < 4.78 is 63.4. The van der Waals surface area contributed by atoms with Gasteiger partial charge in [-0.25, -0.2) is 31.7 Å². The van der Waals surface area contributed by atoms with E-state index in [2.05, 4.69) is 10.1 Å². The Balaban J connectivity index is 2.01. The lowest BCUT2D eigenvalue weighted by atomic mass is 9.88. The van der Waals surface area contributed by atoms with Gasteiger partial charge >= 0.3 is 11.9 Å². The molecule has 228 valence electrons. The van der Waals surface area contributed by atoms with Crippen LogP contribution >= 0.6 is 17.5 Å². The highest BCUT2D eigenvalue weighted by Crippen LogP contribution is 2.37. The Morgan fingerprint density at radius 3 is 2.33 bits per heavy atom. The summed E-state index contributed by atoms with van der Waals surface area (Å²) in [7, 11) is -4.84. The maximum absolute atomic E-state index is 15.3. The van der Waals surface area contributed by atoms with Crippen LogP contribution in [0.5, 0.6) is 5.88 Å². The first-order valence-corrected chi connectivity index (χ1v) is 16.9. The van der Waals surface area contributed by atoms with Gasteiger partial charge in [0.25, 0.3) is 10.0 Å². The smallest absolute Gasteiger partial charge is 0.357 e. The number of hydrogen-bond acceptors (Lipinski definition) is 7. The number of benzene rings is 1. The van der Waals surface area contributed by atoms with Crippen LogP contribution in [0.4, 0.5) is 8.78 Å². The lowest BCUT2D eigenvalue weighted by Crippen LogP contribution is -2.37. The molecule has 0 radical (unpaired) electrons. The van der Waals surface area contributed by atoms with Crippen molar-refractivity contribution in [3.63, 3.8) is 0 Å². The minimum atomic E-state index is -4.39. The Bertz CT molecular complexity index is 1610. The SMILES string of the molecule is CPN(PC)S(=O)(=O)c1nn(C(C)(C)COc2cc(-c3cc(F)cc(C(C)C)c3CC(=O)O)ccn2)c(C(=O)O)c1F. The van der Waals surface area contributed by atoms with Gasteiger partial charge in [-0.1, -0.05) is 13.8 Å². The zero-order valence-corrected chi connectivity index (χ0v) is 26.6. The molecule has 0 aliphatic rings. The molecular weight excluding hydrogens is 612 g/mol. The van der Waals surface area contributed by atoms with E-state index >= 15 is 4.39 Å².